The lowest BCUT2D eigenvalue weighted by atomic mass is 10.1. The Kier molecular flexibility index (Phi) is 3.11. The highest BCUT2D eigenvalue weighted by molar-refractivity contribution is 9.10. The summed E-state index contributed by atoms with van der Waals surface area (Å²) in [5.41, 5.74) is 0. The third-order valence-corrected chi connectivity index (χ3v) is 2.99. The molecule has 1 aromatic rings. The zero-order valence-corrected chi connectivity index (χ0v) is 10.1. The molecule has 1 aliphatic rings. The lowest BCUT2D eigenvalue weighted by molar-refractivity contribution is -0.119. The maximum atomic E-state index is 11.7. The summed E-state index contributed by atoms with van der Waals surface area (Å²) in [6.45, 7) is 3.16. The summed E-state index contributed by atoms with van der Waals surface area (Å²) in [5.74, 6) is 0.674. The number of furan rings is 1. The Hall–Kier alpha value is -0.810. The zero-order chi connectivity index (χ0) is 10.8. The Morgan fingerprint density at radius 3 is 3.07 bits per heavy atom. The number of anilines is 1. The van der Waals surface area contributed by atoms with E-state index in [1.807, 2.05) is 0 Å². The number of hydrogen-bond acceptors (Lipinski definition) is 3. The first-order valence-corrected chi connectivity index (χ1v) is 5.79. The largest absolute Gasteiger partial charge is 0.433 e. The van der Waals surface area contributed by atoms with Gasteiger partial charge in [-0.25, -0.2) is 0 Å². The van der Waals surface area contributed by atoms with Crippen molar-refractivity contribution in [1.82, 2.24) is 5.32 Å². The van der Waals surface area contributed by atoms with Crippen molar-refractivity contribution in [2.75, 3.05) is 18.0 Å². The van der Waals surface area contributed by atoms with Gasteiger partial charge in [0.2, 0.25) is 11.8 Å². The summed E-state index contributed by atoms with van der Waals surface area (Å²) in [4.78, 5) is 13.3. The molecule has 5 heteroatoms. The summed E-state index contributed by atoms with van der Waals surface area (Å²) in [5, 5.41) is 3.18. The van der Waals surface area contributed by atoms with Gasteiger partial charge in [0.15, 0.2) is 4.67 Å². The molecule has 0 aromatic carbocycles. The van der Waals surface area contributed by atoms with Crippen LogP contribution < -0.4 is 10.2 Å². The normalized spacial score (nSPS) is 22.1. The molecule has 1 fully saturated rings. The lowest BCUT2D eigenvalue weighted by Gasteiger charge is -2.31. The van der Waals surface area contributed by atoms with Crippen LogP contribution in [0.5, 0.6) is 0 Å². The van der Waals surface area contributed by atoms with Crippen LogP contribution >= 0.6 is 15.9 Å². The summed E-state index contributed by atoms with van der Waals surface area (Å²) in [6, 6.07) is 3.96. The molecule has 0 spiro atoms. The predicted molar refractivity (Wildman–Crippen MR) is 60.8 cm³/mol. The summed E-state index contributed by atoms with van der Waals surface area (Å²) in [7, 11) is 0. The van der Waals surface area contributed by atoms with Crippen LogP contribution in [0, 0.1) is 0 Å². The van der Waals surface area contributed by atoms with Gasteiger partial charge >= 0.3 is 0 Å². The standard InChI is InChI=1S/C10H13BrN2O2/c1-2-7-6-13(9(14)5-12-7)10-4-3-8(11)15-10/h3-4,7,12H,2,5-6H2,1H3. The average molecular weight is 273 g/mol. The lowest BCUT2D eigenvalue weighted by Crippen LogP contribution is -2.53. The Bertz CT molecular complexity index is 364. The summed E-state index contributed by atoms with van der Waals surface area (Å²) in [6.07, 6.45) is 1.01. The first-order chi connectivity index (χ1) is 7.20. The van der Waals surface area contributed by atoms with E-state index in [4.69, 9.17) is 4.42 Å². The number of carbonyl (C=O) groups excluding carboxylic acids is 1. The van der Waals surface area contributed by atoms with Crippen LogP contribution in [-0.2, 0) is 4.79 Å². The molecule has 0 bridgehead atoms. The van der Waals surface area contributed by atoms with E-state index in [-0.39, 0.29) is 5.91 Å². The van der Waals surface area contributed by atoms with E-state index in [2.05, 4.69) is 28.2 Å². The van der Waals surface area contributed by atoms with Crippen LogP contribution in [0.1, 0.15) is 13.3 Å². The van der Waals surface area contributed by atoms with Gasteiger partial charge in [-0.2, -0.15) is 0 Å². The zero-order valence-electron chi connectivity index (χ0n) is 8.50. The summed E-state index contributed by atoms with van der Waals surface area (Å²) >= 11 is 3.23. The van der Waals surface area contributed by atoms with Crippen molar-refractivity contribution >= 4 is 27.7 Å². The highest BCUT2D eigenvalue weighted by atomic mass is 79.9. The third kappa shape index (κ3) is 2.23. The van der Waals surface area contributed by atoms with Gasteiger partial charge in [-0.1, -0.05) is 6.92 Å². The van der Waals surface area contributed by atoms with Crippen molar-refractivity contribution in [2.24, 2.45) is 0 Å². The number of nitrogens with zero attached hydrogens (tertiary/aromatic N) is 1. The third-order valence-electron chi connectivity index (χ3n) is 2.56. The molecule has 1 amide bonds. The van der Waals surface area contributed by atoms with E-state index in [1.165, 1.54) is 0 Å². The van der Waals surface area contributed by atoms with Gasteiger partial charge < -0.3 is 9.73 Å². The molecule has 1 saturated heterocycles. The number of piperazine rings is 1. The molecule has 1 unspecified atom stereocenters. The molecular weight excluding hydrogens is 260 g/mol. The molecule has 82 valence electrons. The van der Waals surface area contributed by atoms with Crippen molar-refractivity contribution < 1.29 is 9.21 Å². The van der Waals surface area contributed by atoms with E-state index in [1.54, 1.807) is 17.0 Å². The maximum absolute atomic E-state index is 11.7. The molecular formula is C10H13BrN2O2. The van der Waals surface area contributed by atoms with Gasteiger partial charge in [0, 0.05) is 18.7 Å². The van der Waals surface area contributed by atoms with Crippen molar-refractivity contribution in [3.63, 3.8) is 0 Å². The Labute approximate surface area is 96.7 Å². The number of amides is 1. The molecule has 0 radical (unpaired) electrons. The van der Waals surface area contributed by atoms with Crippen LogP contribution in [0.2, 0.25) is 0 Å². The molecule has 4 nitrogen and oxygen atoms in total. The second-order valence-corrected chi connectivity index (χ2v) is 4.35. The SMILES string of the molecule is CCC1CN(c2ccc(Br)o2)C(=O)CN1. The first-order valence-electron chi connectivity index (χ1n) is 4.99. The number of nitrogens with one attached hydrogen (secondary N) is 1. The van der Waals surface area contributed by atoms with Crippen LogP contribution in [0.25, 0.3) is 0 Å². The molecule has 0 saturated carbocycles. The van der Waals surface area contributed by atoms with Crippen LogP contribution in [0.4, 0.5) is 5.88 Å². The quantitative estimate of drug-likeness (QED) is 0.893. The smallest absolute Gasteiger partial charge is 0.243 e. The van der Waals surface area contributed by atoms with E-state index in [9.17, 15) is 4.79 Å². The predicted octanol–water partition coefficient (Wildman–Crippen LogP) is 1.76. The van der Waals surface area contributed by atoms with E-state index < -0.39 is 0 Å². The second-order valence-electron chi connectivity index (χ2n) is 3.57. The number of hydrogen-bond donors (Lipinski definition) is 1. The van der Waals surface area contributed by atoms with E-state index >= 15 is 0 Å². The fourth-order valence-electron chi connectivity index (χ4n) is 1.65. The topological polar surface area (TPSA) is 45.5 Å². The van der Waals surface area contributed by atoms with Crippen LogP contribution in [0.3, 0.4) is 0 Å². The molecule has 2 heterocycles. The maximum Gasteiger partial charge on any atom is 0.243 e. The number of carbonyl (C=O) groups is 1. The average Bonchev–Trinajstić information content (AvgIpc) is 2.65. The molecule has 1 aliphatic heterocycles. The van der Waals surface area contributed by atoms with Gasteiger partial charge in [0.25, 0.3) is 0 Å². The Morgan fingerprint density at radius 1 is 1.67 bits per heavy atom. The second kappa shape index (κ2) is 4.37. The van der Waals surface area contributed by atoms with Crippen molar-refractivity contribution in [3.05, 3.63) is 16.8 Å². The van der Waals surface area contributed by atoms with Crippen LogP contribution in [-0.4, -0.2) is 25.0 Å². The molecule has 1 atom stereocenters. The van der Waals surface area contributed by atoms with Crippen molar-refractivity contribution in [2.45, 2.75) is 19.4 Å². The highest BCUT2D eigenvalue weighted by Gasteiger charge is 2.26. The molecule has 1 N–H and O–H groups in total. The Balaban J connectivity index is 2.15. The molecule has 15 heavy (non-hydrogen) atoms. The summed E-state index contributed by atoms with van der Waals surface area (Å²) < 4.78 is 6.03. The minimum atomic E-state index is 0.0570. The van der Waals surface area contributed by atoms with E-state index in [0.717, 1.165) is 6.42 Å². The van der Waals surface area contributed by atoms with Crippen molar-refractivity contribution in [3.8, 4) is 0 Å². The van der Waals surface area contributed by atoms with Gasteiger partial charge in [0.05, 0.1) is 6.54 Å². The fourth-order valence-corrected chi connectivity index (χ4v) is 1.95. The minimum absolute atomic E-state index is 0.0570. The van der Waals surface area contributed by atoms with Gasteiger partial charge in [-0.15, -0.1) is 0 Å². The van der Waals surface area contributed by atoms with Gasteiger partial charge in [-0.3, -0.25) is 9.69 Å². The highest BCUT2D eigenvalue weighted by Crippen LogP contribution is 2.23. The molecule has 1 aromatic heterocycles. The Morgan fingerprint density at radius 2 is 2.47 bits per heavy atom. The minimum Gasteiger partial charge on any atom is -0.433 e. The van der Waals surface area contributed by atoms with Crippen molar-refractivity contribution in [1.29, 1.82) is 0 Å². The number of rotatable bonds is 2. The van der Waals surface area contributed by atoms with Gasteiger partial charge in [-0.05, 0) is 28.4 Å². The molecule has 2 rings (SSSR count). The van der Waals surface area contributed by atoms with Gasteiger partial charge in [0.1, 0.15) is 0 Å². The monoisotopic (exact) mass is 272 g/mol. The molecule has 0 aliphatic carbocycles. The number of halogens is 1. The van der Waals surface area contributed by atoms with E-state index in [0.29, 0.717) is 29.7 Å². The van der Waals surface area contributed by atoms with Crippen LogP contribution in [0.15, 0.2) is 21.2 Å². The fraction of sp³-hybridized carbons (Fsp3) is 0.500. The first kappa shape index (κ1) is 10.7.